The van der Waals surface area contributed by atoms with Crippen molar-refractivity contribution in [1.82, 2.24) is 0 Å². The highest BCUT2D eigenvalue weighted by Gasteiger charge is 2.05. The van der Waals surface area contributed by atoms with Crippen LogP contribution in [0.3, 0.4) is 0 Å². The molecule has 0 N–H and O–H groups in total. The predicted octanol–water partition coefficient (Wildman–Crippen LogP) is 3.52. The van der Waals surface area contributed by atoms with Gasteiger partial charge in [-0.15, -0.1) is 0 Å². The van der Waals surface area contributed by atoms with Crippen LogP contribution >= 0.6 is 0 Å². The molecule has 0 saturated carbocycles. The Balaban J connectivity index is 2.80. The Hall–Kier alpha value is -1.31. The zero-order chi connectivity index (χ0) is 12.0. The third kappa shape index (κ3) is 3.09. The largest absolute Gasteiger partial charge is 0.372 e. The summed E-state index contributed by atoms with van der Waals surface area (Å²) in [4.78, 5) is 13.8. The second kappa shape index (κ2) is 6.31. The number of anilines is 1. The maximum atomic E-state index is 11.5. The first-order chi connectivity index (χ1) is 7.72. The molecule has 0 heterocycles. The summed E-state index contributed by atoms with van der Waals surface area (Å²) in [5.41, 5.74) is 2.02. The molecular formula is C14H21NO. The topological polar surface area (TPSA) is 20.3 Å². The molecule has 2 heteroatoms. The van der Waals surface area contributed by atoms with Gasteiger partial charge in [0.1, 0.15) is 0 Å². The van der Waals surface area contributed by atoms with Gasteiger partial charge in [0.15, 0.2) is 5.78 Å². The lowest BCUT2D eigenvalue weighted by molar-refractivity contribution is 0.0988. The van der Waals surface area contributed by atoms with Crippen molar-refractivity contribution in [3.05, 3.63) is 29.8 Å². The molecule has 1 rings (SSSR count). The summed E-state index contributed by atoms with van der Waals surface area (Å²) < 4.78 is 0. The van der Waals surface area contributed by atoms with Crippen molar-refractivity contribution in [2.75, 3.05) is 18.0 Å². The summed E-state index contributed by atoms with van der Waals surface area (Å²) in [7, 11) is 0. The molecular weight excluding hydrogens is 198 g/mol. The van der Waals surface area contributed by atoms with Gasteiger partial charge >= 0.3 is 0 Å². The Morgan fingerprint density at radius 2 is 1.75 bits per heavy atom. The first-order valence-electron chi connectivity index (χ1n) is 6.11. The molecule has 0 unspecified atom stereocenters. The van der Waals surface area contributed by atoms with Gasteiger partial charge in [0, 0.05) is 30.8 Å². The Kier molecular flexibility index (Phi) is 5.03. The van der Waals surface area contributed by atoms with Gasteiger partial charge in [0.05, 0.1) is 0 Å². The number of carbonyl (C=O) groups is 1. The van der Waals surface area contributed by atoms with Crippen LogP contribution in [-0.4, -0.2) is 18.9 Å². The van der Waals surface area contributed by atoms with E-state index in [0.29, 0.717) is 6.42 Å². The quantitative estimate of drug-likeness (QED) is 0.682. The molecule has 0 saturated heterocycles. The highest BCUT2D eigenvalue weighted by molar-refractivity contribution is 5.96. The summed E-state index contributed by atoms with van der Waals surface area (Å²) in [5.74, 6) is 0.213. The smallest absolute Gasteiger partial charge is 0.162 e. The van der Waals surface area contributed by atoms with Crippen molar-refractivity contribution in [1.29, 1.82) is 0 Å². The fraction of sp³-hybridized carbons (Fsp3) is 0.500. The van der Waals surface area contributed by atoms with Crippen LogP contribution in [0, 0.1) is 0 Å². The van der Waals surface area contributed by atoms with Crippen LogP contribution in [0.5, 0.6) is 0 Å². The van der Waals surface area contributed by atoms with E-state index in [4.69, 9.17) is 0 Å². The zero-order valence-corrected chi connectivity index (χ0v) is 10.5. The fourth-order valence-electron chi connectivity index (χ4n) is 1.80. The van der Waals surface area contributed by atoms with Gasteiger partial charge in [-0.2, -0.15) is 0 Å². The summed E-state index contributed by atoms with van der Waals surface area (Å²) in [6.45, 7) is 8.30. The average molecular weight is 219 g/mol. The van der Waals surface area contributed by atoms with Crippen LogP contribution in [0.1, 0.15) is 44.0 Å². The molecule has 0 atom stereocenters. The molecule has 0 aliphatic carbocycles. The first-order valence-corrected chi connectivity index (χ1v) is 6.11. The van der Waals surface area contributed by atoms with Crippen LogP contribution in [0.15, 0.2) is 24.3 Å². The van der Waals surface area contributed by atoms with Crippen molar-refractivity contribution >= 4 is 11.5 Å². The van der Waals surface area contributed by atoms with E-state index in [0.717, 1.165) is 25.1 Å². The summed E-state index contributed by atoms with van der Waals surface area (Å²) in [6.07, 6.45) is 1.72. The van der Waals surface area contributed by atoms with Crippen molar-refractivity contribution < 1.29 is 4.79 Å². The van der Waals surface area contributed by atoms with E-state index < -0.39 is 0 Å². The van der Waals surface area contributed by atoms with Gasteiger partial charge in [-0.05, 0) is 37.6 Å². The first kappa shape index (κ1) is 12.8. The molecule has 0 bridgehead atoms. The molecule has 1 aromatic carbocycles. The van der Waals surface area contributed by atoms with E-state index in [9.17, 15) is 4.79 Å². The van der Waals surface area contributed by atoms with E-state index in [1.54, 1.807) is 0 Å². The number of Topliss-reactive ketones (excluding diaryl/α,β-unsaturated/α-hetero) is 1. The maximum absolute atomic E-state index is 11.5. The number of benzene rings is 1. The second-order valence-electron chi connectivity index (χ2n) is 3.90. The van der Waals surface area contributed by atoms with Crippen LogP contribution in [0.2, 0.25) is 0 Å². The average Bonchev–Trinajstić information content (AvgIpc) is 2.35. The lowest BCUT2D eigenvalue weighted by Crippen LogP contribution is -2.23. The standard InChI is InChI=1S/C14H21NO/c1-4-11-15(6-3)13-9-7-12(8-10-13)14(16)5-2/h7-10H,4-6,11H2,1-3H3. The monoisotopic (exact) mass is 219 g/mol. The Morgan fingerprint density at radius 3 is 2.19 bits per heavy atom. The zero-order valence-electron chi connectivity index (χ0n) is 10.5. The van der Waals surface area contributed by atoms with Gasteiger partial charge in [-0.25, -0.2) is 0 Å². The Morgan fingerprint density at radius 1 is 1.12 bits per heavy atom. The van der Waals surface area contributed by atoms with Crippen LogP contribution in [-0.2, 0) is 0 Å². The SMILES string of the molecule is CCCN(CC)c1ccc(C(=O)CC)cc1. The number of rotatable bonds is 6. The highest BCUT2D eigenvalue weighted by atomic mass is 16.1. The summed E-state index contributed by atoms with van der Waals surface area (Å²) in [5, 5.41) is 0. The van der Waals surface area contributed by atoms with Crippen molar-refractivity contribution in [3.63, 3.8) is 0 Å². The molecule has 88 valence electrons. The maximum Gasteiger partial charge on any atom is 0.162 e. The molecule has 0 amide bonds. The van der Waals surface area contributed by atoms with E-state index in [-0.39, 0.29) is 5.78 Å². The number of hydrogen-bond acceptors (Lipinski definition) is 2. The Bertz CT molecular complexity index is 329. The second-order valence-corrected chi connectivity index (χ2v) is 3.90. The number of nitrogens with zero attached hydrogens (tertiary/aromatic N) is 1. The van der Waals surface area contributed by atoms with Gasteiger partial charge in [0.2, 0.25) is 0 Å². The summed E-state index contributed by atoms with van der Waals surface area (Å²) >= 11 is 0. The predicted molar refractivity (Wildman–Crippen MR) is 69.2 cm³/mol. The Labute approximate surface area is 98.3 Å². The molecule has 0 aliphatic rings. The van der Waals surface area contributed by atoms with Gasteiger partial charge in [-0.3, -0.25) is 4.79 Å². The number of carbonyl (C=O) groups excluding carboxylic acids is 1. The molecule has 1 aromatic rings. The van der Waals surface area contributed by atoms with Crippen molar-refractivity contribution in [2.24, 2.45) is 0 Å². The van der Waals surface area contributed by atoms with Crippen LogP contribution in [0.4, 0.5) is 5.69 Å². The molecule has 2 nitrogen and oxygen atoms in total. The summed E-state index contributed by atoms with van der Waals surface area (Å²) in [6, 6.07) is 7.95. The lowest BCUT2D eigenvalue weighted by atomic mass is 10.1. The third-order valence-corrected chi connectivity index (χ3v) is 2.75. The highest BCUT2D eigenvalue weighted by Crippen LogP contribution is 2.16. The molecule has 16 heavy (non-hydrogen) atoms. The van der Waals surface area contributed by atoms with E-state index in [1.165, 1.54) is 5.69 Å². The van der Waals surface area contributed by atoms with Crippen LogP contribution in [0.25, 0.3) is 0 Å². The van der Waals surface area contributed by atoms with Gasteiger partial charge < -0.3 is 4.90 Å². The third-order valence-electron chi connectivity index (χ3n) is 2.75. The van der Waals surface area contributed by atoms with Crippen molar-refractivity contribution in [2.45, 2.75) is 33.6 Å². The number of ketones is 1. The molecule has 0 radical (unpaired) electrons. The minimum absolute atomic E-state index is 0.213. The van der Waals surface area contributed by atoms with Gasteiger partial charge in [-0.1, -0.05) is 13.8 Å². The normalized spacial score (nSPS) is 10.2. The minimum Gasteiger partial charge on any atom is -0.372 e. The number of hydrogen-bond donors (Lipinski definition) is 0. The van der Waals surface area contributed by atoms with Gasteiger partial charge in [0.25, 0.3) is 0 Å². The fourth-order valence-corrected chi connectivity index (χ4v) is 1.80. The van der Waals surface area contributed by atoms with E-state index >= 15 is 0 Å². The minimum atomic E-state index is 0.213. The van der Waals surface area contributed by atoms with Crippen molar-refractivity contribution in [3.8, 4) is 0 Å². The van der Waals surface area contributed by atoms with E-state index in [2.05, 4.69) is 18.7 Å². The molecule has 0 spiro atoms. The molecule has 0 aliphatic heterocycles. The lowest BCUT2D eigenvalue weighted by Gasteiger charge is -2.22. The van der Waals surface area contributed by atoms with Crippen LogP contribution < -0.4 is 4.90 Å². The molecule has 0 aromatic heterocycles. The van der Waals surface area contributed by atoms with E-state index in [1.807, 2.05) is 31.2 Å². The molecule has 0 fully saturated rings.